The Hall–Kier alpha value is -1.68. The topological polar surface area (TPSA) is 27.8 Å². The van der Waals surface area contributed by atoms with Gasteiger partial charge in [-0.3, -0.25) is 0 Å². The first kappa shape index (κ1) is 10.8. The Morgan fingerprint density at radius 1 is 1.12 bits per heavy atom. The van der Waals surface area contributed by atoms with Crippen molar-refractivity contribution in [3.8, 4) is 0 Å². The van der Waals surface area contributed by atoms with Crippen LogP contribution in [-0.2, 0) is 13.1 Å². The van der Waals surface area contributed by atoms with Gasteiger partial charge in [-0.15, -0.1) is 0 Å². The molecule has 0 aliphatic heterocycles. The summed E-state index contributed by atoms with van der Waals surface area (Å²) in [7, 11) is 0. The molecule has 0 bridgehead atoms. The molecule has 2 nitrogen and oxygen atoms in total. The van der Waals surface area contributed by atoms with Crippen LogP contribution in [-0.4, -0.2) is 4.98 Å². The predicted octanol–water partition coefficient (Wildman–Crippen LogP) is 2.58. The Labute approximate surface area is 92.3 Å². The highest BCUT2D eigenvalue weighted by Gasteiger charge is 2.03. The lowest BCUT2D eigenvalue weighted by Gasteiger charge is -2.05. The number of nitrogens with one attached hydrogen (secondary N) is 2. The maximum absolute atomic E-state index is 13.2. The molecule has 0 saturated heterocycles. The summed E-state index contributed by atoms with van der Waals surface area (Å²) in [4.78, 5) is 2.92. The van der Waals surface area contributed by atoms with E-state index in [0.29, 0.717) is 18.7 Å². The molecule has 2 rings (SSSR count). The van der Waals surface area contributed by atoms with Crippen LogP contribution in [0.2, 0.25) is 0 Å². The Bertz CT molecular complexity index is 452. The van der Waals surface area contributed by atoms with Crippen LogP contribution >= 0.6 is 0 Å². The lowest BCUT2D eigenvalue weighted by Crippen LogP contribution is -2.13. The highest BCUT2D eigenvalue weighted by Crippen LogP contribution is 2.09. The highest BCUT2D eigenvalue weighted by atomic mass is 19.1. The first-order chi connectivity index (χ1) is 7.75. The van der Waals surface area contributed by atoms with Crippen LogP contribution in [0.15, 0.2) is 36.7 Å². The fourth-order valence-corrected chi connectivity index (χ4v) is 1.49. The van der Waals surface area contributed by atoms with Crippen LogP contribution in [0.25, 0.3) is 0 Å². The fourth-order valence-electron chi connectivity index (χ4n) is 1.49. The summed E-state index contributed by atoms with van der Waals surface area (Å²) in [6.07, 6.45) is 3.68. The highest BCUT2D eigenvalue weighted by molar-refractivity contribution is 5.18. The molecule has 2 aromatic rings. The molecule has 1 aromatic heterocycles. The van der Waals surface area contributed by atoms with Gasteiger partial charge in [0.15, 0.2) is 0 Å². The molecule has 2 N–H and O–H groups in total. The second-order valence-corrected chi connectivity index (χ2v) is 3.56. The summed E-state index contributed by atoms with van der Waals surface area (Å²) in [5.41, 5.74) is 1.42. The first-order valence-electron chi connectivity index (χ1n) is 5.02. The zero-order valence-corrected chi connectivity index (χ0v) is 8.63. The van der Waals surface area contributed by atoms with E-state index in [4.69, 9.17) is 0 Å². The van der Waals surface area contributed by atoms with Crippen molar-refractivity contribution in [2.75, 3.05) is 0 Å². The molecular formula is C12H12F2N2. The lowest BCUT2D eigenvalue weighted by atomic mass is 10.2. The van der Waals surface area contributed by atoms with Crippen molar-refractivity contribution in [1.29, 1.82) is 0 Å². The van der Waals surface area contributed by atoms with Gasteiger partial charge in [-0.2, -0.15) is 0 Å². The summed E-state index contributed by atoms with van der Waals surface area (Å²) < 4.78 is 26.1. The maximum atomic E-state index is 13.2. The minimum atomic E-state index is -0.417. The molecule has 0 radical (unpaired) electrons. The van der Waals surface area contributed by atoms with E-state index in [0.717, 1.165) is 17.7 Å². The molecule has 0 aliphatic rings. The molecular weight excluding hydrogens is 210 g/mol. The number of rotatable bonds is 4. The van der Waals surface area contributed by atoms with E-state index in [1.54, 1.807) is 0 Å². The van der Waals surface area contributed by atoms with Gasteiger partial charge in [-0.1, -0.05) is 0 Å². The molecule has 0 saturated carbocycles. The van der Waals surface area contributed by atoms with E-state index in [9.17, 15) is 8.78 Å². The summed E-state index contributed by atoms with van der Waals surface area (Å²) in [5.74, 6) is -0.803. The smallest absolute Gasteiger partial charge is 0.127 e. The summed E-state index contributed by atoms with van der Waals surface area (Å²) in [6.45, 7) is 0.939. The third kappa shape index (κ3) is 2.67. The van der Waals surface area contributed by atoms with Crippen LogP contribution in [0.5, 0.6) is 0 Å². The Kier molecular flexibility index (Phi) is 3.31. The van der Waals surface area contributed by atoms with Crippen LogP contribution < -0.4 is 5.32 Å². The van der Waals surface area contributed by atoms with Gasteiger partial charge in [-0.25, -0.2) is 8.78 Å². The van der Waals surface area contributed by atoms with Crippen molar-refractivity contribution < 1.29 is 8.78 Å². The fraction of sp³-hybridized carbons (Fsp3) is 0.167. The van der Waals surface area contributed by atoms with Gasteiger partial charge in [0, 0.05) is 31.0 Å². The van der Waals surface area contributed by atoms with Crippen LogP contribution in [0.3, 0.4) is 0 Å². The summed E-state index contributed by atoms with van der Waals surface area (Å²) >= 11 is 0. The number of halogens is 2. The second kappa shape index (κ2) is 4.90. The minimum absolute atomic E-state index is 0.314. The molecule has 0 spiro atoms. The number of aromatic amines is 1. The standard InChI is InChI=1S/C12H12F2N2/c13-11-1-2-12(14)10(5-11)8-16-7-9-3-4-15-6-9/h1-6,15-16H,7-8H2. The monoisotopic (exact) mass is 222 g/mol. The third-order valence-corrected chi connectivity index (χ3v) is 2.31. The minimum Gasteiger partial charge on any atom is -0.367 e. The SMILES string of the molecule is Fc1ccc(F)c(CNCc2cc[nH]c2)c1. The van der Waals surface area contributed by atoms with Gasteiger partial charge in [0.1, 0.15) is 11.6 Å². The van der Waals surface area contributed by atoms with Crippen LogP contribution in [0, 0.1) is 11.6 Å². The van der Waals surface area contributed by atoms with Gasteiger partial charge < -0.3 is 10.3 Å². The molecule has 84 valence electrons. The van der Waals surface area contributed by atoms with Gasteiger partial charge in [-0.05, 0) is 29.8 Å². The number of aromatic nitrogens is 1. The molecule has 0 fully saturated rings. The van der Waals surface area contributed by atoms with E-state index >= 15 is 0 Å². The van der Waals surface area contributed by atoms with Crippen molar-refractivity contribution >= 4 is 0 Å². The van der Waals surface area contributed by atoms with Crippen molar-refractivity contribution in [3.05, 3.63) is 59.4 Å². The quantitative estimate of drug-likeness (QED) is 0.817. The number of hydrogen-bond acceptors (Lipinski definition) is 1. The lowest BCUT2D eigenvalue weighted by molar-refractivity contribution is 0.568. The maximum Gasteiger partial charge on any atom is 0.127 e. The van der Waals surface area contributed by atoms with Gasteiger partial charge >= 0.3 is 0 Å². The zero-order valence-electron chi connectivity index (χ0n) is 8.63. The Morgan fingerprint density at radius 3 is 2.75 bits per heavy atom. The van der Waals surface area contributed by atoms with E-state index < -0.39 is 5.82 Å². The van der Waals surface area contributed by atoms with E-state index in [1.165, 1.54) is 6.07 Å². The average molecular weight is 222 g/mol. The number of H-pyrrole nitrogens is 1. The van der Waals surface area contributed by atoms with E-state index in [1.807, 2.05) is 18.5 Å². The molecule has 1 aromatic carbocycles. The molecule has 0 aliphatic carbocycles. The Balaban J connectivity index is 1.92. The predicted molar refractivity (Wildman–Crippen MR) is 57.7 cm³/mol. The molecule has 0 amide bonds. The first-order valence-corrected chi connectivity index (χ1v) is 5.02. The normalized spacial score (nSPS) is 10.6. The largest absolute Gasteiger partial charge is 0.367 e. The van der Waals surface area contributed by atoms with Crippen LogP contribution in [0.4, 0.5) is 8.78 Å². The second-order valence-electron chi connectivity index (χ2n) is 3.56. The van der Waals surface area contributed by atoms with E-state index in [2.05, 4.69) is 10.3 Å². The Morgan fingerprint density at radius 2 is 2.00 bits per heavy atom. The summed E-state index contributed by atoms with van der Waals surface area (Å²) in [6, 6.07) is 5.39. The van der Waals surface area contributed by atoms with Crippen molar-refractivity contribution in [2.24, 2.45) is 0 Å². The van der Waals surface area contributed by atoms with Crippen molar-refractivity contribution in [2.45, 2.75) is 13.1 Å². The molecule has 1 heterocycles. The molecule has 4 heteroatoms. The van der Waals surface area contributed by atoms with Crippen molar-refractivity contribution in [3.63, 3.8) is 0 Å². The van der Waals surface area contributed by atoms with Gasteiger partial charge in [0.25, 0.3) is 0 Å². The molecule has 0 unspecified atom stereocenters. The van der Waals surface area contributed by atoms with E-state index in [-0.39, 0.29) is 5.82 Å². The van der Waals surface area contributed by atoms with Crippen LogP contribution in [0.1, 0.15) is 11.1 Å². The van der Waals surface area contributed by atoms with Gasteiger partial charge in [0.2, 0.25) is 0 Å². The average Bonchev–Trinajstić information content (AvgIpc) is 2.76. The summed E-state index contributed by atoms with van der Waals surface area (Å²) in [5, 5.41) is 3.05. The van der Waals surface area contributed by atoms with Gasteiger partial charge in [0.05, 0.1) is 0 Å². The molecule has 0 atom stereocenters. The molecule has 16 heavy (non-hydrogen) atoms. The number of hydrogen-bond donors (Lipinski definition) is 2. The van der Waals surface area contributed by atoms with Crippen molar-refractivity contribution in [1.82, 2.24) is 10.3 Å². The number of benzene rings is 1. The third-order valence-electron chi connectivity index (χ3n) is 2.31. The zero-order chi connectivity index (χ0) is 11.4.